The van der Waals surface area contributed by atoms with Gasteiger partial charge < -0.3 is 5.32 Å². The maximum absolute atomic E-state index is 12.4. The van der Waals surface area contributed by atoms with Crippen LogP contribution in [0.4, 0.5) is 0 Å². The lowest BCUT2D eigenvalue weighted by Gasteiger charge is -2.41. The number of sulfone groups is 1. The van der Waals surface area contributed by atoms with Crippen molar-refractivity contribution in [1.29, 1.82) is 0 Å². The Bertz CT molecular complexity index is 397. The number of rotatable bonds is 0. The predicted octanol–water partition coefficient (Wildman–Crippen LogP) is 2.37. The highest BCUT2D eigenvalue weighted by molar-refractivity contribution is 7.92. The van der Waals surface area contributed by atoms with Crippen molar-refractivity contribution in [2.75, 3.05) is 5.75 Å². The average Bonchev–Trinajstić information content (AvgIpc) is 2.35. The van der Waals surface area contributed by atoms with E-state index in [1.165, 1.54) is 0 Å². The van der Waals surface area contributed by atoms with Crippen LogP contribution in [0.15, 0.2) is 0 Å². The molecule has 0 amide bonds. The molecule has 106 valence electrons. The van der Waals surface area contributed by atoms with Crippen LogP contribution in [0.25, 0.3) is 0 Å². The fourth-order valence-electron chi connectivity index (χ4n) is 3.44. The van der Waals surface area contributed by atoms with E-state index in [0.717, 1.165) is 25.7 Å². The molecule has 4 unspecified atom stereocenters. The quantitative estimate of drug-likeness (QED) is 0.737. The van der Waals surface area contributed by atoms with Crippen LogP contribution in [0.2, 0.25) is 0 Å². The van der Waals surface area contributed by atoms with E-state index < -0.39 is 9.84 Å². The van der Waals surface area contributed by atoms with Gasteiger partial charge in [0.15, 0.2) is 9.84 Å². The van der Waals surface area contributed by atoms with Crippen LogP contribution in [0.3, 0.4) is 0 Å². The summed E-state index contributed by atoms with van der Waals surface area (Å²) in [6.07, 6.45) is 3.77. The van der Waals surface area contributed by atoms with E-state index in [2.05, 4.69) is 33.0 Å². The average molecular weight is 273 g/mol. The number of nitrogens with one attached hydrogen (secondary N) is 1. The molecule has 0 radical (unpaired) electrons. The minimum Gasteiger partial charge on any atom is -0.310 e. The fraction of sp³-hybridized carbons (Fsp3) is 1.00. The topological polar surface area (TPSA) is 46.2 Å². The van der Waals surface area contributed by atoms with E-state index in [4.69, 9.17) is 0 Å². The molecule has 2 rings (SSSR count). The molecule has 1 N–H and O–H groups in total. The van der Waals surface area contributed by atoms with Crippen molar-refractivity contribution in [3.05, 3.63) is 0 Å². The first-order valence-electron chi connectivity index (χ1n) is 7.18. The zero-order chi connectivity index (χ0) is 13.6. The molecule has 1 aliphatic heterocycles. The zero-order valence-electron chi connectivity index (χ0n) is 12.1. The fourth-order valence-corrected chi connectivity index (χ4v) is 5.67. The lowest BCUT2D eigenvalue weighted by Crippen LogP contribution is -2.49. The van der Waals surface area contributed by atoms with E-state index in [1.54, 1.807) is 0 Å². The molecule has 0 spiro atoms. The van der Waals surface area contributed by atoms with Gasteiger partial charge >= 0.3 is 0 Å². The highest BCUT2D eigenvalue weighted by Gasteiger charge is 2.43. The second-order valence-corrected chi connectivity index (χ2v) is 9.58. The SMILES string of the molecule is CC1CCS(=O)(=O)C2CC(C(C)(C)C)CCC2N1. The minimum atomic E-state index is -2.91. The Morgan fingerprint density at radius 1 is 1.11 bits per heavy atom. The van der Waals surface area contributed by atoms with Crippen molar-refractivity contribution in [2.24, 2.45) is 11.3 Å². The highest BCUT2D eigenvalue weighted by Crippen LogP contribution is 2.41. The number of hydrogen-bond acceptors (Lipinski definition) is 3. The standard InChI is InChI=1S/C14H27NO2S/c1-10-7-8-18(16,17)13-9-11(14(2,3)4)5-6-12(13)15-10/h10-13,15H,5-9H2,1-4H3. The summed E-state index contributed by atoms with van der Waals surface area (Å²) in [7, 11) is -2.91. The molecule has 0 bridgehead atoms. The molecule has 4 atom stereocenters. The first-order valence-corrected chi connectivity index (χ1v) is 8.89. The van der Waals surface area contributed by atoms with Crippen LogP contribution >= 0.6 is 0 Å². The van der Waals surface area contributed by atoms with E-state index >= 15 is 0 Å². The van der Waals surface area contributed by atoms with E-state index in [9.17, 15) is 8.42 Å². The Labute approximate surface area is 112 Å². The molecule has 2 fully saturated rings. The molecule has 1 saturated carbocycles. The van der Waals surface area contributed by atoms with Crippen molar-refractivity contribution in [2.45, 2.75) is 70.7 Å². The normalized spacial score (nSPS) is 40.9. The second-order valence-electron chi connectivity index (χ2n) is 7.24. The third-order valence-corrected chi connectivity index (χ3v) is 7.06. The Kier molecular flexibility index (Phi) is 3.81. The number of fused-ring (bicyclic) bond motifs is 1. The lowest BCUT2D eigenvalue weighted by atomic mass is 9.71. The van der Waals surface area contributed by atoms with Gasteiger partial charge in [0, 0.05) is 12.1 Å². The van der Waals surface area contributed by atoms with Gasteiger partial charge in [-0.1, -0.05) is 20.8 Å². The summed E-state index contributed by atoms with van der Waals surface area (Å²) < 4.78 is 24.8. The third kappa shape index (κ3) is 2.90. The van der Waals surface area contributed by atoms with Gasteiger partial charge in [-0.3, -0.25) is 0 Å². The summed E-state index contributed by atoms with van der Waals surface area (Å²) in [6, 6.07) is 0.520. The van der Waals surface area contributed by atoms with Crippen molar-refractivity contribution in [3.63, 3.8) is 0 Å². The predicted molar refractivity (Wildman–Crippen MR) is 75.4 cm³/mol. The molecule has 18 heavy (non-hydrogen) atoms. The van der Waals surface area contributed by atoms with E-state index in [0.29, 0.717) is 17.7 Å². The van der Waals surface area contributed by atoms with Crippen molar-refractivity contribution >= 4 is 9.84 Å². The van der Waals surface area contributed by atoms with Gasteiger partial charge in [-0.05, 0) is 43.9 Å². The van der Waals surface area contributed by atoms with Crippen LogP contribution in [0.5, 0.6) is 0 Å². The maximum Gasteiger partial charge on any atom is 0.154 e. The summed E-state index contributed by atoms with van der Waals surface area (Å²) in [5.41, 5.74) is 0.221. The van der Waals surface area contributed by atoms with Gasteiger partial charge in [0.2, 0.25) is 0 Å². The van der Waals surface area contributed by atoms with E-state index in [1.807, 2.05) is 0 Å². The molecular weight excluding hydrogens is 246 g/mol. The number of hydrogen-bond donors (Lipinski definition) is 1. The van der Waals surface area contributed by atoms with Crippen LogP contribution < -0.4 is 5.32 Å². The molecule has 0 aromatic carbocycles. The van der Waals surface area contributed by atoms with Crippen molar-refractivity contribution in [1.82, 2.24) is 5.32 Å². The van der Waals surface area contributed by atoms with Crippen LogP contribution in [0, 0.1) is 11.3 Å². The van der Waals surface area contributed by atoms with Gasteiger partial charge in [0.1, 0.15) is 0 Å². The van der Waals surface area contributed by atoms with Gasteiger partial charge in [0.05, 0.1) is 11.0 Å². The molecule has 1 saturated heterocycles. The Hall–Kier alpha value is -0.0900. The first-order chi connectivity index (χ1) is 8.20. The molecular formula is C14H27NO2S. The highest BCUT2D eigenvalue weighted by atomic mass is 32.2. The van der Waals surface area contributed by atoms with Crippen molar-refractivity contribution in [3.8, 4) is 0 Å². The van der Waals surface area contributed by atoms with Crippen molar-refractivity contribution < 1.29 is 8.42 Å². The Morgan fingerprint density at radius 2 is 1.78 bits per heavy atom. The molecule has 3 nitrogen and oxygen atoms in total. The van der Waals surface area contributed by atoms with Gasteiger partial charge in [-0.25, -0.2) is 8.42 Å². The van der Waals surface area contributed by atoms with Crippen LogP contribution in [0.1, 0.15) is 53.4 Å². The molecule has 1 aliphatic carbocycles. The smallest absolute Gasteiger partial charge is 0.154 e. The molecule has 1 heterocycles. The largest absolute Gasteiger partial charge is 0.310 e. The van der Waals surface area contributed by atoms with Gasteiger partial charge in [0.25, 0.3) is 0 Å². The molecule has 4 heteroatoms. The van der Waals surface area contributed by atoms with Crippen LogP contribution in [-0.4, -0.2) is 31.5 Å². The van der Waals surface area contributed by atoms with Gasteiger partial charge in [-0.2, -0.15) is 0 Å². The summed E-state index contributed by atoms with van der Waals surface area (Å²) in [6.45, 7) is 8.81. The Morgan fingerprint density at radius 3 is 2.39 bits per heavy atom. The lowest BCUT2D eigenvalue weighted by molar-refractivity contribution is 0.160. The maximum atomic E-state index is 12.4. The molecule has 0 aromatic heterocycles. The van der Waals surface area contributed by atoms with Crippen LogP contribution in [-0.2, 0) is 9.84 Å². The summed E-state index contributed by atoms with van der Waals surface area (Å²) in [5.74, 6) is 0.892. The molecule has 2 aliphatic rings. The van der Waals surface area contributed by atoms with E-state index in [-0.39, 0.29) is 16.7 Å². The van der Waals surface area contributed by atoms with Gasteiger partial charge in [-0.15, -0.1) is 0 Å². The Balaban J connectivity index is 2.22. The molecule has 0 aromatic rings. The summed E-state index contributed by atoms with van der Waals surface area (Å²) >= 11 is 0. The third-order valence-electron chi connectivity index (χ3n) is 4.81. The minimum absolute atomic E-state index is 0.152. The monoisotopic (exact) mass is 273 g/mol. The second kappa shape index (κ2) is 4.78. The summed E-state index contributed by atoms with van der Waals surface area (Å²) in [5, 5.41) is 3.38. The zero-order valence-corrected chi connectivity index (χ0v) is 12.9. The first kappa shape index (κ1) is 14.3. The summed E-state index contributed by atoms with van der Waals surface area (Å²) in [4.78, 5) is 0.